The SMILES string of the molecule is CN(Cc1ccc(-c2ccccc2)cc1)C1CCS(=O)(=O)C1. The maximum absolute atomic E-state index is 11.6. The van der Waals surface area contributed by atoms with Crippen molar-refractivity contribution in [2.24, 2.45) is 0 Å². The predicted molar refractivity (Wildman–Crippen MR) is 90.4 cm³/mol. The van der Waals surface area contributed by atoms with E-state index in [1.165, 1.54) is 16.7 Å². The quantitative estimate of drug-likeness (QED) is 0.870. The minimum atomic E-state index is -2.82. The van der Waals surface area contributed by atoms with Crippen molar-refractivity contribution in [3.8, 4) is 11.1 Å². The summed E-state index contributed by atoms with van der Waals surface area (Å²) in [6.07, 6.45) is 0.751. The van der Waals surface area contributed by atoms with Gasteiger partial charge in [-0.25, -0.2) is 8.42 Å². The molecule has 1 atom stereocenters. The lowest BCUT2D eigenvalue weighted by atomic mass is 10.0. The molecule has 1 saturated heterocycles. The van der Waals surface area contributed by atoms with Gasteiger partial charge in [-0.2, -0.15) is 0 Å². The van der Waals surface area contributed by atoms with Gasteiger partial charge in [-0.3, -0.25) is 4.90 Å². The van der Waals surface area contributed by atoms with Crippen LogP contribution in [0.15, 0.2) is 54.6 Å². The largest absolute Gasteiger partial charge is 0.298 e. The van der Waals surface area contributed by atoms with Crippen molar-refractivity contribution < 1.29 is 8.42 Å². The lowest BCUT2D eigenvalue weighted by Crippen LogP contribution is -2.32. The first kappa shape index (κ1) is 15.3. The summed E-state index contributed by atoms with van der Waals surface area (Å²) >= 11 is 0. The van der Waals surface area contributed by atoms with E-state index in [-0.39, 0.29) is 6.04 Å². The normalized spacial score (nSPS) is 20.4. The Kier molecular flexibility index (Phi) is 4.32. The molecule has 0 aromatic heterocycles. The average molecular weight is 315 g/mol. The molecule has 0 spiro atoms. The van der Waals surface area contributed by atoms with Gasteiger partial charge in [0.2, 0.25) is 0 Å². The van der Waals surface area contributed by atoms with Gasteiger partial charge in [0.05, 0.1) is 11.5 Å². The van der Waals surface area contributed by atoms with Crippen molar-refractivity contribution in [3.05, 3.63) is 60.2 Å². The highest BCUT2D eigenvalue weighted by Gasteiger charge is 2.30. The Morgan fingerprint density at radius 2 is 1.64 bits per heavy atom. The fourth-order valence-electron chi connectivity index (χ4n) is 2.97. The molecule has 2 aromatic rings. The highest BCUT2D eigenvalue weighted by Crippen LogP contribution is 2.21. The van der Waals surface area contributed by atoms with Gasteiger partial charge < -0.3 is 0 Å². The standard InChI is InChI=1S/C18H21NO2S/c1-19(18-11-12-22(20,21)14-18)13-15-7-9-17(10-8-15)16-5-3-2-4-6-16/h2-10,18H,11-14H2,1H3. The lowest BCUT2D eigenvalue weighted by molar-refractivity contribution is 0.254. The Balaban J connectivity index is 1.66. The number of sulfone groups is 1. The zero-order valence-corrected chi connectivity index (χ0v) is 13.6. The van der Waals surface area contributed by atoms with Gasteiger partial charge in [0.15, 0.2) is 9.84 Å². The summed E-state index contributed by atoms with van der Waals surface area (Å²) in [4.78, 5) is 2.15. The third-order valence-electron chi connectivity index (χ3n) is 4.32. The van der Waals surface area contributed by atoms with Crippen LogP contribution in [-0.4, -0.2) is 37.9 Å². The van der Waals surface area contributed by atoms with Crippen molar-refractivity contribution in [2.45, 2.75) is 19.0 Å². The van der Waals surface area contributed by atoms with Crippen LogP contribution in [0.2, 0.25) is 0 Å². The Labute approximate surface area is 132 Å². The van der Waals surface area contributed by atoms with Crippen LogP contribution in [0.5, 0.6) is 0 Å². The smallest absolute Gasteiger partial charge is 0.151 e. The lowest BCUT2D eigenvalue weighted by Gasteiger charge is -2.23. The number of nitrogens with zero attached hydrogens (tertiary/aromatic N) is 1. The number of hydrogen-bond acceptors (Lipinski definition) is 3. The minimum Gasteiger partial charge on any atom is -0.298 e. The Hall–Kier alpha value is -1.65. The van der Waals surface area contributed by atoms with Crippen LogP contribution < -0.4 is 0 Å². The second-order valence-electron chi connectivity index (χ2n) is 6.03. The molecule has 0 bridgehead atoms. The van der Waals surface area contributed by atoms with Crippen molar-refractivity contribution in [1.82, 2.24) is 4.90 Å². The maximum Gasteiger partial charge on any atom is 0.151 e. The minimum absolute atomic E-state index is 0.152. The van der Waals surface area contributed by atoms with E-state index < -0.39 is 9.84 Å². The van der Waals surface area contributed by atoms with E-state index in [0.717, 1.165) is 13.0 Å². The van der Waals surface area contributed by atoms with E-state index in [4.69, 9.17) is 0 Å². The fourth-order valence-corrected chi connectivity index (χ4v) is 4.78. The summed E-state index contributed by atoms with van der Waals surface area (Å²) in [5.41, 5.74) is 3.63. The van der Waals surface area contributed by atoms with Crippen LogP contribution in [0, 0.1) is 0 Å². The van der Waals surface area contributed by atoms with Gasteiger partial charge in [-0.1, -0.05) is 54.6 Å². The maximum atomic E-state index is 11.6. The molecule has 3 nitrogen and oxygen atoms in total. The van der Waals surface area contributed by atoms with E-state index in [1.807, 2.05) is 25.2 Å². The second kappa shape index (κ2) is 6.23. The molecule has 116 valence electrons. The van der Waals surface area contributed by atoms with E-state index in [2.05, 4.69) is 41.3 Å². The van der Waals surface area contributed by atoms with Gasteiger partial charge in [-0.15, -0.1) is 0 Å². The molecule has 2 aromatic carbocycles. The molecule has 4 heteroatoms. The third-order valence-corrected chi connectivity index (χ3v) is 6.08. The summed E-state index contributed by atoms with van der Waals surface area (Å²) < 4.78 is 23.1. The molecule has 1 fully saturated rings. The molecule has 22 heavy (non-hydrogen) atoms. The molecule has 3 rings (SSSR count). The number of rotatable bonds is 4. The van der Waals surface area contributed by atoms with Crippen LogP contribution in [0.4, 0.5) is 0 Å². The molecule has 1 heterocycles. The van der Waals surface area contributed by atoms with Crippen LogP contribution in [0.25, 0.3) is 11.1 Å². The molecule has 1 aliphatic rings. The molecule has 0 saturated carbocycles. The molecule has 0 aliphatic carbocycles. The second-order valence-corrected chi connectivity index (χ2v) is 8.26. The van der Waals surface area contributed by atoms with Crippen molar-refractivity contribution in [2.75, 3.05) is 18.6 Å². The van der Waals surface area contributed by atoms with E-state index in [0.29, 0.717) is 11.5 Å². The zero-order valence-electron chi connectivity index (χ0n) is 12.8. The first-order chi connectivity index (χ1) is 10.5. The van der Waals surface area contributed by atoms with Crippen LogP contribution in [0.3, 0.4) is 0 Å². The van der Waals surface area contributed by atoms with E-state index >= 15 is 0 Å². The van der Waals surface area contributed by atoms with Gasteiger partial charge in [-0.05, 0) is 30.2 Å². The fraction of sp³-hybridized carbons (Fsp3) is 0.333. The highest BCUT2D eigenvalue weighted by atomic mass is 32.2. The summed E-state index contributed by atoms with van der Waals surface area (Å²) in [5.74, 6) is 0.626. The zero-order chi connectivity index (χ0) is 15.6. The molecular weight excluding hydrogens is 294 g/mol. The molecule has 0 amide bonds. The predicted octanol–water partition coefficient (Wildman–Crippen LogP) is 2.97. The van der Waals surface area contributed by atoms with Crippen molar-refractivity contribution in [3.63, 3.8) is 0 Å². The summed E-state index contributed by atoms with van der Waals surface area (Å²) in [6, 6.07) is 19.0. The Bertz CT molecular complexity index is 723. The molecule has 0 radical (unpaired) electrons. The Morgan fingerprint density at radius 1 is 1.00 bits per heavy atom. The molecular formula is C18H21NO2S. The van der Waals surface area contributed by atoms with Crippen molar-refractivity contribution in [1.29, 1.82) is 0 Å². The summed E-state index contributed by atoms with van der Waals surface area (Å²) in [5, 5.41) is 0. The summed E-state index contributed by atoms with van der Waals surface area (Å²) in [6.45, 7) is 0.787. The van der Waals surface area contributed by atoms with Crippen LogP contribution in [-0.2, 0) is 16.4 Å². The highest BCUT2D eigenvalue weighted by molar-refractivity contribution is 7.91. The average Bonchev–Trinajstić information content (AvgIpc) is 2.89. The summed E-state index contributed by atoms with van der Waals surface area (Å²) in [7, 11) is -0.807. The first-order valence-corrected chi connectivity index (χ1v) is 9.41. The number of hydrogen-bond donors (Lipinski definition) is 0. The molecule has 1 aliphatic heterocycles. The Morgan fingerprint density at radius 3 is 2.23 bits per heavy atom. The van der Waals surface area contributed by atoms with Crippen LogP contribution >= 0.6 is 0 Å². The van der Waals surface area contributed by atoms with Crippen molar-refractivity contribution >= 4 is 9.84 Å². The molecule has 0 N–H and O–H groups in total. The van der Waals surface area contributed by atoms with Gasteiger partial charge in [0, 0.05) is 12.6 Å². The topological polar surface area (TPSA) is 37.4 Å². The van der Waals surface area contributed by atoms with Gasteiger partial charge in [0.25, 0.3) is 0 Å². The van der Waals surface area contributed by atoms with E-state index in [1.54, 1.807) is 0 Å². The van der Waals surface area contributed by atoms with Gasteiger partial charge >= 0.3 is 0 Å². The third kappa shape index (κ3) is 3.57. The van der Waals surface area contributed by atoms with E-state index in [9.17, 15) is 8.42 Å². The van der Waals surface area contributed by atoms with Crippen LogP contribution in [0.1, 0.15) is 12.0 Å². The molecule has 1 unspecified atom stereocenters. The first-order valence-electron chi connectivity index (χ1n) is 7.58. The number of benzene rings is 2. The van der Waals surface area contributed by atoms with Gasteiger partial charge in [0.1, 0.15) is 0 Å². The monoisotopic (exact) mass is 315 g/mol.